The van der Waals surface area contributed by atoms with E-state index in [2.05, 4.69) is 24.1 Å². The minimum atomic E-state index is -2.82. The first-order chi connectivity index (χ1) is 8.52. The van der Waals surface area contributed by atoms with Crippen LogP contribution in [0.2, 0.25) is 0 Å². The lowest BCUT2D eigenvalue weighted by molar-refractivity contribution is 0.142. The van der Waals surface area contributed by atoms with Crippen LogP contribution >= 0.6 is 0 Å². The fraction of sp³-hybridized carbons (Fsp3) is 1.00. The molecule has 0 aliphatic carbocycles. The summed E-state index contributed by atoms with van der Waals surface area (Å²) in [5.74, 6) is 1.23. The number of hydrogen-bond acceptors (Lipinski definition) is 4. The normalized spacial score (nSPS) is 26.4. The fourth-order valence-corrected chi connectivity index (χ4v) is 3.49. The predicted molar refractivity (Wildman–Crippen MR) is 76.6 cm³/mol. The van der Waals surface area contributed by atoms with Gasteiger partial charge in [0.25, 0.3) is 0 Å². The van der Waals surface area contributed by atoms with Crippen LogP contribution in [0.15, 0.2) is 0 Å². The van der Waals surface area contributed by atoms with E-state index >= 15 is 0 Å². The molecule has 1 fully saturated rings. The number of rotatable bonds is 7. The Labute approximate surface area is 112 Å². The molecule has 0 aromatic rings. The average molecular weight is 276 g/mol. The third kappa shape index (κ3) is 4.86. The Hall–Kier alpha value is -0.130. The van der Waals surface area contributed by atoms with Crippen molar-refractivity contribution < 1.29 is 8.42 Å². The Bertz CT molecular complexity index is 330. The largest absolute Gasteiger partial charge is 0.314 e. The zero-order valence-electron chi connectivity index (χ0n) is 12.0. The Morgan fingerprint density at radius 2 is 2.00 bits per heavy atom. The number of likely N-dealkylation sites (tertiary alicyclic amines) is 1. The van der Waals surface area contributed by atoms with Crippen LogP contribution in [0.4, 0.5) is 0 Å². The van der Waals surface area contributed by atoms with Gasteiger partial charge < -0.3 is 10.2 Å². The highest BCUT2D eigenvalue weighted by Gasteiger charge is 2.27. The van der Waals surface area contributed by atoms with Gasteiger partial charge in [-0.15, -0.1) is 0 Å². The molecule has 0 spiro atoms. The molecule has 2 atom stereocenters. The van der Waals surface area contributed by atoms with Crippen LogP contribution < -0.4 is 5.32 Å². The molecule has 0 amide bonds. The van der Waals surface area contributed by atoms with Gasteiger partial charge in [0.05, 0.1) is 5.75 Å². The van der Waals surface area contributed by atoms with Crippen LogP contribution in [0.5, 0.6) is 0 Å². The molecule has 1 aliphatic heterocycles. The summed E-state index contributed by atoms with van der Waals surface area (Å²) < 4.78 is 23.0. The molecular formula is C13H28N2O2S. The van der Waals surface area contributed by atoms with Crippen LogP contribution in [0, 0.1) is 5.92 Å². The van der Waals surface area contributed by atoms with Crippen molar-refractivity contribution >= 4 is 9.84 Å². The molecule has 5 heteroatoms. The van der Waals surface area contributed by atoms with Crippen molar-refractivity contribution in [2.45, 2.75) is 39.7 Å². The first-order valence-electron chi connectivity index (χ1n) is 7.18. The lowest BCUT2D eigenvalue weighted by Crippen LogP contribution is -2.50. The summed E-state index contributed by atoms with van der Waals surface area (Å²) >= 11 is 0. The Morgan fingerprint density at radius 1 is 1.28 bits per heavy atom. The Kier molecular flexibility index (Phi) is 6.60. The lowest BCUT2D eigenvalue weighted by Gasteiger charge is -2.38. The molecule has 0 aromatic heterocycles. The van der Waals surface area contributed by atoms with Crippen molar-refractivity contribution in [3.8, 4) is 0 Å². The van der Waals surface area contributed by atoms with Crippen LogP contribution in [0.1, 0.15) is 33.6 Å². The standard InChI is InChI=1S/C13H28N2O2S/c1-4-12-11-15(8-7-13(12)14-5-2)9-10-18(16,17)6-3/h12-14H,4-11H2,1-3H3. The van der Waals surface area contributed by atoms with Gasteiger partial charge in [-0.25, -0.2) is 8.42 Å². The Morgan fingerprint density at radius 3 is 2.56 bits per heavy atom. The van der Waals surface area contributed by atoms with Crippen molar-refractivity contribution in [3.05, 3.63) is 0 Å². The van der Waals surface area contributed by atoms with E-state index in [1.165, 1.54) is 0 Å². The SMILES string of the molecule is CCNC1CCN(CCS(=O)(=O)CC)CC1CC. The van der Waals surface area contributed by atoms with Crippen LogP contribution in [0.25, 0.3) is 0 Å². The highest BCUT2D eigenvalue weighted by molar-refractivity contribution is 7.91. The second-order valence-electron chi connectivity index (χ2n) is 5.16. The van der Waals surface area contributed by atoms with Crippen molar-refractivity contribution in [1.82, 2.24) is 10.2 Å². The maximum Gasteiger partial charge on any atom is 0.151 e. The fourth-order valence-electron chi connectivity index (χ4n) is 2.67. The Balaban J connectivity index is 2.43. The van der Waals surface area contributed by atoms with Crippen LogP contribution in [-0.2, 0) is 9.84 Å². The van der Waals surface area contributed by atoms with E-state index in [0.717, 1.165) is 32.5 Å². The molecule has 18 heavy (non-hydrogen) atoms. The highest BCUT2D eigenvalue weighted by atomic mass is 32.2. The van der Waals surface area contributed by atoms with Crippen molar-refractivity contribution in [3.63, 3.8) is 0 Å². The van der Waals surface area contributed by atoms with E-state index in [1.807, 2.05) is 0 Å². The van der Waals surface area contributed by atoms with Gasteiger partial charge in [0, 0.05) is 24.9 Å². The molecule has 1 heterocycles. The maximum atomic E-state index is 11.5. The first kappa shape index (κ1) is 15.9. The quantitative estimate of drug-likeness (QED) is 0.757. The molecule has 108 valence electrons. The summed E-state index contributed by atoms with van der Waals surface area (Å²) in [5, 5.41) is 3.54. The molecule has 1 aliphatic rings. The van der Waals surface area contributed by atoms with E-state index in [0.29, 0.717) is 24.3 Å². The molecule has 0 radical (unpaired) electrons. The summed E-state index contributed by atoms with van der Waals surface area (Å²) in [5.41, 5.74) is 0. The number of nitrogens with zero attached hydrogens (tertiary/aromatic N) is 1. The van der Waals surface area contributed by atoms with Gasteiger partial charge in [0.1, 0.15) is 0 Å². The van der Waals surface area contributed by atoms with E-state index in [9.17, 15) is 8.42 Å². The average Bonchev–Trinajstić information content (AvgIpc) is 2.38. The van der Waals surface area contributed by atoms with Crippen molar-refractivity contribution in [2.75, 3.05) is 37.7 Å². The summed E-state index contributed by atoms with van der Waals surface area (Å²) in [6.07, 6.45) is 2.30. The highest BCUT2D eigenvalue weighted by Crippen LogP contribution is 2.20. The zero-order chi connectivity index (χ0) is 13.6. The van der Waals surface area contributed by atoms with Gasteiger partial charge in [-0.3, -0.25) is 0 Å². The number of nitrogens with one attached hydrogen (secondary N) is 1. The van der Waals surface area contributed by atoms with Gasteiger partial charge in [-0.2, -0.15) is 0 Å². The molecule has 0 saturated carbocycles. The summed E-state index contributed by atoms with van der Waals surface area (Å²) in [6, 6.07) is 0.610. The summed E-state index contributed by atoms with van der Waals surface area (Å²) in [6.45, 7) is 9.87. The smallest absolute Gasteiger partial charge is 0.151 e. The molecule has 1 saturated heterocycles. The molecule has 1 rings (SSSR count). The molecule has 2 unspecified atom stereocenters. The third-order valence-corrected chi connectivity index (χ3v) is 5.65. The first-order valence-corrected chi connectivity index (χ1v) is 9.00. The van der Waals surface area contributed by atoms with Gasteiger partial charge in [-0.1, -0.05) is 27.2 Å². The van der Waals surface area contributed by atoms with Crippen LogP contribution in [-0.4, -0.2) is 57.0 Å². The molecule has 1 N–H and O–H groups in total. The molecule has 4 nitrogen and oxygen atoms in total. The zero-order valence-corrected chi connectivity index (χ0v) is 12.8. The second-order valence-corrected chi connectivity index (χ2v) is 7.63. The van der Waals surface area contributed by atoms with E-state index in [4.69, 9.17) is 0 Å². The van der Waals surface area contributed by atoms with Gasteiger partial charge in [-0.05, 0) is 25.4 Å². The molecule has 0 bridgehead atoms. The van der Waals surface area contributed by atoms with Gasteiger partial charge in [0.2, 0.25) is 0 Å². The van der Waals surface area contributed by atoms with E-state index in [-0.39, 0.29) is 5.75 Å². The third-order valence-electron chi connectivity index (χ3n) is 3.97. The monoisotopic (exact) mass is 276 g/mol. The molecule has 0 aromatic carbocycles. The molecular weight excluding hydrogens is 248 g/mol. The lowest BCUT2D eigenvalue weighted by atomic mass is 9.90. The number of hydrogen-bond donors (Lipinski definition) is 1. The minimum Gasteiger partial charge on any atom is -0.314 e. The number of sulfone groups is 1. The van der Waals surface area contributed by atoms with Crippen molar-refractivity contribution in [1.29, 1.82) is 0 Å². The van der Waals surface area contributed by atoms with E-state index in [1.54, 1.807) is 6.92 Å². The van der Waals surface area contributed by atoms with Gasteiger partial charge in [0.15, 0.2) is 9.84 Å². The van der Waals surface area contributed by atoms with Gasteiger partial charge >= 0.3 is 0 Å². The maximum absolute atomic E-state index is 11.5. The second kappa shape index (κ2) is 7.46. The topological polar surface area (TPSA) is 49.4 Å². The summed E-state index contributed by atoms with van der Waals surface area (Å²) in [4.78, 5) is 2.31. The predicted octanol–water partition coefficient (Wildman–Crippen LogP) is 1.13. The minimum absolute atomic E-state index is 0.262. The number of piperidine rings is 1. The van der Waals surface area contributed by atoms with Crippen molar-refractivity contribution in [2.24, 2.45) is 5.92 Å². The summed E-state index contributed by atoms with van der Waals surface area (Å²) in [7, 11) is -2.82. The van der Waals surface area contributed by atoms with E-state index < -0.39 is 9.84 Å². The van der Waals surface area contributed by atoms with Crippen LogP contribution in [0.3, 0.4) is 0 Å².